The zero-order chi connectivity index (χ0) is 24.3. The number of isocyanates is 1. The number of rotatable bonds is 15. The summed E-state index contributed by atoms with van der Waals surface area (Å²) in [5, 5.41) is 7.45. The first-order valence-electron chi connectivity index (χ1n) is 12.6. The minimum Gasteiger partial charge on any atom is -0.300 e. The molecule has 0 heterocycles. The van der Waals surface area contributed by atoms with Gasteiger partial charge in [-0.25, -0.2) is 14.9 Å². The molecular formula is C26H43N4O2S+. The Hall–Kier alpha value is -2.11. The SMILES string of the molecule is CCCCCCCNC(SCC)=[N+](CCCCCCC)C(=O)Nc1ccc(C)c(N=C=O)c1. The third kappa shape index (κ3) is 12.1. The first-order chi connectivity index (χ1) is 16.1. The minimum atomic E-state index is -0.162. The number of carbonyl (C=O) groups is 1. The van der Waals surface area contributed by atoms with Gasteiger partial charge in [0.25, 0.3) is 5.17 Å². The van der Waals surface area contributed by atoms with Gasteiger partial charge in [0, 0.05) is 11.8 Å². The number of amidine groups is 1. The smallest absolute Gasteiger partial charge is 0.300 e. The Bertz CT molecular complexity index is 788. The van der Waals surface area contributed by atoms with E-state index in [-0.39, 0.29) is 6.03 Å². The summed E-state index contributed by atoms with van der Waals surface area (Å²) in [5.41, 5.74) is 2.00. The molecule has 2 N–H and O–H groups in total. The molecule has 0 saturated heterocycles. The molecule has 0 spiro atoms. The van der Waals surface area contributed by atoms with Gasteiger partial charge in [-0.05, 0) is 31.4 Å². The molecule has 2 amide bonds. The highest BCUT2D eigenvalue weighted by atomic mass is 32.2. The lowest BCUT2D eigenvalue weighted by molar-refractivity contribution is -0.423. The van der Waals surface area contributed by atoms with Crippen LogP contribution in [0.15, 0.2) is 23.2 Å². The molecule has 0 atom stereocenters. The van der Waals surface area contributed by atoms with Crippen LogP contribution in [-0.2, 0) is 4.79 Å². The molecule has 1 aromatic carbocycles. The number of aliphatic imine (C=N–C) groups is 1. The maximum atomic E-state index is 13.3. The maximum absolute atomic E-state index is 13.3. The molecule has 0 bridgehead atoms. The van der Waals surface area contributed by atoms with E-state index in [1.807, 2.05) is 23.6 Å². The first kappa shape index (κ1) is 28.9. The molecule has 1 aromatic rings. The predicted octanol–water partition coefficient (Wildman–Crippen LogP) is 7.15. The van der Waals surface area contributed by atoms with E-state index in [0.717, 1.165) is 42.3 Å². The molecule has 184 valence electrons. The van der Waals surface area contributed by atoms with Crippen molar-refractivity contribution in [2.75, 3.05) is 24.2 Å². The minimum absolute atomic E-state index is 0.162. The van der Waals surface area contributed by atoms with Gasteiger partial charge in [-0.1, -0.05) is 90.0 Å². The lowest BCUT2D eigenvalue weighted by Crippen LogP contribution is -2.38. The van der Waals surface area contributed by atoms with Gasteiger partial charge in [-0.15, -0.1) is 0 Å². The Balaban J connectivity index is 2.98. The number of benzene rings is 1. The van der Waals surface area contributed by atoms with Crippen molar-refractivity contribution in [3.05, 3.63) is 23.8 Å². The van der Waals surface area contributed by atoms with E-state index in [0.29, 0.717) is 17.9 Å². The van der Waals surface area contributed by atoms with Gasteiger partial charge in [0.05, 0.1) is 18.8 Å². The van der Waals surface area contributed by atoms with Gasteiger partial charge in [-0.3, -0.25) is 5.32 Å². The Kier molecular flexibility index (Phi) is 16.1. The predicted molar refractivity (Wildman–Crippen MR) is 142 cm³/mol. The van der Waals surface area contributed by atoms with E-state index in [1.54, 1.807) is 23.9 Å². The summed E-state index contributed by atoms with van der Waals surface area (Å²) in [6.45, 7) is 9.95. The summed E-state index contributed by atoms with van der Waals surface area (Å²) < 4.78 is 1.84. The molecule has 0 fully saturated rings. The topological polar surface area (TPSA) is 73.6 Å². The molecule has 0 unspecified atom stereocenters. The Morgan fingerprint density at radius 3 is 2.30 bits per heavy atom. The van der Waals surface area contributed by atoms with E-state index < -0.39 is 0 Å². The fourth-order valence-electron chi connectivity index (χ4n) is 3.50. The lowest BCUT2D eigenvalue weighted by atomic mass is 10.1. The Morgan fingerprint density at radius 2 is 1.67 bits per heavy atom. The number of hydrogen-bond donors (Lipinski definition) is 2. The van der Waals surface area contributed by atoms with Crippen LogP contribution in [-0.4, -0.2) is 40.7 Å². The van der Waals surface area contributed by atoms with Crippen molar-refractivity contribution < 1.29 is 14.2 Å². The molecule has 0 aliphatic heterocycles. The van der Waals surface area contributed by atoms with Crippen LogP contribution in [0.25, 0.3) is 0 Å². The summed E-state index contributed by atoms with van der Waals surface area (Å²) in [7, 11) is 0. The largest absolute Gasteiger partial charge is 0.441 e. The normalized spacial score (nSPS) is 11.5. The number of carbonyl (C=O) groups excluding carboxylic acids is 2. The third-order valence-electron chi connectivity index (χ3n) is 5.44. The number of amides is 2. The number of nitrogens with one attached hydrogen (secondary N) is 2. The van der Waals surface area contributed by atoms with Gasteiger partial charge >= 0.3 is 6.03 Å². The summed E-state index contributed by atoms with van der Waals surface area (Å²) in [5.74, 6) is 0.889. The molecule has 0 radical (unpaired) electrons. The van der Waals surface area contributed by atoms with Crippen molar-refractivity contribution in [3.63, 3.8) is 0 Å². The second kappa shape index (κ2) is 18.3. The number of unbranched alkanes of at least 4 members (excludes halogenated alkanes) is 8. The van der Waals surface area contributed by atoms with E-state index in [9.17, 15) is 9.59 Å². The lowest BCUT2D eigenvalue weighted by Gasteiger charge is -2.14. The third-order valence-corrected chi connectivity index (χ3v) is 6.37. The van der Waals surface area contributed by atoms with E-state index in [2.05, 4.69) is 36.4 Å². The van der Waals surface area contributed by atoms with Crippen molar-refractivity contribution >= 4 is 40.4 Å². The van der Waals surface area contributed by atoms with Crippen molar-refractivity contribution in [1.29, 1.82) is 0 Å². The van der Waals surface area contributed by atoms with Crippen LogP contribution in [0, 0.1) is 6.92 Å². The number of urea groups is 1. The van der Waals surface area contributed by atoms with Gasteiger partial charge < -0.3 is 0 Å². The number of thioether (sulfide) groups is 1. The van der Waals surface area contributed by atoms with Gasteiger partial charge in [0.15, 0.2) is 0 Å². The van der Waals surface area contributed by atoms with Crippen LogP contribution in [0.5, 0.6) is 0 Å². The number of aryl methyl sites for hydroxylation is 1. The highest BCUT2D eigenvalue weighted by molar-refractivity contribution is 8.13. The van der Waals surface area contributed by atoms with E-state index in [4.69, 9.17) is 0 Å². The molecule has 0 saturated carbocycles. The average molecular weight is 476 g/mol. The highest BCUT2D eigenvalue weighted by Gasteiger charge is 2.21. The summed E-state index contributed by atoms with van der Waals surface area (Å²) in [6, 6.07) is 5.24. The molecule has 6 nitrogen and oxygen atoms in total. The Morgan fingerprint density at radius 1 is 1.00 bits per heavy atom. The summed E-state index contributed by atoms with van der Waals surface area (Å²) in [4.78, 5) is 27.8. The fraction of sp³-hybridized carbons (Fsp3) is 0.654. The molecule has 0 aromatic heterocycles. The molecule has 0 aliphatic rings. The van der Waals surface area contributed by atoms with Crippen LogP contribution >= 0.6 is 11.8 Å². The summed E-state index contributed by atoms with van der Waals surface area (Å²) >= 11 is 1.67. The zero-order valence-electron chi connectivity index (χ0n) is 21.0. The maximum Gasteiger partial charge on any atom is 0.441 e. The second-order valence-electron chi connectivity index (χ2n) is 8.28. The standard InChI is InChI=1S/C26H42N4O2S/c1-5-8-10-12-14-18-27-26(33-7-3)30(19-15-13-11-9-6-2)25(32)29-23-17-16-22(4)24(20-23)28-21-31/h16-17,20H,5-15,18-19H2,1-4H3,(H,29,32)/p+1. The van der Waals surface area contributed by atoms with E-state index >= 15 is 0 Å². The van der Waals surface area contributed by atoms with Crippen molar-refractivity contribution in [3.8, 4) is 0 Å². The molecule has 7 heteroatoms. The van der Waals surface area contributed by atoms with E-state index in [1.165, 1.54) is 44.9 Å². The van der Waals surface area contributed by atoms with Crippen LogP contribution in [0.4, 0.5) is 16.2 Å². The van der Waals surface area contributed by atoms with Gasteiger partial charge in [0.2, 0.25) is 6.08 Å². The van der Waals surface area contributed by atoms with Crippen LogP contribution in [0.2, 0.25) is 0 Å². The number of hydrogen-bond acceptors (Lipinski definition) is 4. The van der Waals surface area contributed by atoms with Gasteiger partial charge in [-0.2, -0.15) is 9.57 Å². The highest BCUT2D eigenvalue weighted by Crippen LogP contribution is 2.23. The fourth-order valence-corrected chi connectivity index (χ4v) is 4.31. The molecule has 0 aliphatic carbocycles. The van der Waals surface area contributed by atoms with Crippen molar-refractivity contribution in [2.45, 2.75) is 91.9 Å². The number of nitrogens with zero attached hydrogens (tertiary/aromatic N) is 2. The molecule has 33 heavy (non-hydrogen) atoms. The van der Waals surface area contributed by atoms with Crippen LogP contribution < -0.4 is 10.6 Å². The van der Waals surface area contributed by atoms with Crippen molar-refractivity contribution in [2.24, 2.45) is 4.99 Å². The molecular weight excluding hydrogens is 432 g/mol. The monoisotopic (exact) mass is 475 g/mol. The average Bonchev–Trinajstić information content (AvgIpc) is 2.80. The van der Waals surface area contributed by atoms with Crippen molar-refractivity contribution in [1.82, 2.24) is 5.32 Å². The summed E-state index contributed by atoms with van der Waals surface area (Å²) in [6.07, 6.45) is 13.4. The van der Waals surface area contributed by atoms with Crippen LogP contribution in [0.3, 0.4) is 0 Å². The quantitative estimate of drug-likeness (QED) is 0.0929. The van der Waals surface area contributed by atoms with Gasteiger partial charge in [0.1, 0.15) is 5.69 Å². The Labute approximate surface area is 204 Å². The second-order valence-corrected chi connectivity index (χ2v) is 9.53. The van der Waals surface area contributed by atoms with Crippen LogP contribution in [0.1, 0.15) is 90.5 Å². The first-order valence-corrected chi connectivity index (χ1v) is 13.6. The molecule has 1 rings (SSSR count). The zero-order valence-corrected chi connectivity index (χ0v) is 21.9. The number of anilines is 1.